The highest BCUT2D eigenvalue weighted by Gasteiger charge is 2.25. The second kappa shape index (κ2) is 3.25. The maximum absolute atomic E-state index is 3.86. The molecular weight excluding hydrogens is 158 g/mol. The predicted molar refractivity (Wildman–Crippen MR) is 56.9 cm³/mol. The normalized spacial score (nSPS) is 15.5. The third-order valence-electron chi connectivity index (χ3n) is 2.33. The highest BCUT2D eigenvalue weighted by Crippen LogP contribution is 2.43. The zero-order valence-corrected chi connectivity index (χ0v) is 8.01. The van der Waals surface area contributed by atoms with Gasteiger partial charge in [-0.15, -0.1) is 0 Å². The number of hydrogen-bond acceptors (Lipinski definition) is 1. The van der Waals surface area contributed by atoms with Gasteiger partial charge in [-0.3, -0.25) is 0 Å². The number of hydrogen-bond donors (Lipinski definition) is 1. The van der Waals surface area contributed by atoms with Crippen molar-refractivity contribution in [2.24, 2.45) is 0 Å². The molecule has 1 N–H and O–H groups in total. The first-order valence-electron chi connectivity index (χ1n) is 4.79. The first-order chi connectivity index (χ1) is 6.27. The Balaban J connectivity index is 2.26. The van der Waals surface area contributed by atoms with Gasteiger partial charge in [-0.2, -0.15) is 0 Å². The smallest absolute Gasteiger partial charge is 0.0416 e. The van der Waals surface area contributed by atoms with Crippen LogP contribution in [0, 0.1) is 0 Å². The van der Waals surface area contributed by atoms with Gasteiger partial charge >= 0.3 is 0 Å². The van der Waals surface area contributed by atoms with E-state index in [0.29, 0.717) is 0 Å². The Morgan fingerprint density at radius 3 is 2.69 bits per heavy atom. The lowest BCUT2D eigenvalue weighted by Crippen LogP contribution is -1.97. The molecular formula is C12H15N. The Labute approximate surface area is 79.5 Å². The van der Waals surface area contributed by atoms with E-state index in [4.69, 9.17) is 0 Å². The van der Waals surface area contributed by atoms with E-state index in [9.17, 15) is 0 Å². The van der Waals surface area contributed by atoms with Crippen LogP contribution in [-0.4, -0.2) is 0 Å². The molecule has 1 aliphatic carbocycles. The summed E-state index contributed by atoms with van der Waals surface area (Å²) in [5, 5.41) is 3.30. The molecule has 0 bridgehead atoms. The van der Waals surface area contributed by atoms with Crippen LogP contribution < -0.4 is 5.32 Å². The minimum absolute atomic E-state index is 0.794. The number of benzene rings is 1. The molecule has 0 heterocycles. The van der Waals surface area contributed by atoms with Gasteiger partial charge < -0.3 is 5.32 Å². The summed E-state index contributed by atoms with van der Waals surface area (Å²) in [5.74, 6) is 0.794. The number of anilines is 1. The summed E-state index contributed by atoms with van der Waals surface area (Å²) in [4.78, 5) is 0. The maximum atomic E-state index is 3.86. The van der Waals surface area contributed by atoms with Gasteiger partial charge in [0, 0.05) is 11.4 Å². The molecule has 68 valence electrons. The molecule has 2 rings (SSSR count). The highest BCUT2D eigenvalue weighted by molar-refractivity contribution is 5.56. The van der Waals surface area contributed by atoms with Gasteiger partial charge in [-0.1, -0.05) is 24.8 Å². The number of para-hydroxylation sites is 1. The van der Waals surface area contributed by atoms with Crippen LogP contribution in [0.15, 0.2) is 36.5 Å². The Morgan fingerprint density at radius 2 is 2.08 bits per heavy atom. The van der Waals surface area contributed by atoms with Crippen LogP contribution in [-0.2, 0) is 0 Å². The van der Waals surface area contributed by atoms with Crippen molar-refractivity contribution in [3.05, 3.63) is 42.1 Å². The first-order valence-corrected chi connectivity index (χ1v) is 4.79. The predicted octanol–water partition coefficient (Wildman–Crippen LogP) is 3.51. The van der Waals surface area contributed by atoms with Crippen LogP contribution in [0.25, 0.3) is 0 Å². The molecule has 0 aliphatic heterocycles. The second-order valence-corrected chi connectivity index (χ2v) is 3.77. The van der Waals surface area contributed by atoms with E-state index in [-0.39, 0.29) is 0 Å². The van der Waals surface area contributed by atoms with Crippen molar-refractivity contribution in [2.75, 3.05) is 5.32 Å². The van der Waals surface area contributed by atoms with E-state index >= 15 is 0 Å². The molecule has 0 unspecified atom stereocenters. The topological polar surface area (TPSA) is 12.0 Å². The van der Waals surface area contributed by atoms with Crippen LogP contribution in [0.5, 0.6) is 0 Å². The number of rotatable bonds is 3. The first kappa shape index (κ1) is 8.36. The molecule has 0 aromatic heterocycles. The summed E-state index contributed by atoms with van der Waals surface area (Å²) in [5.41, 5.74) is 3.69. The quantitative estimate of drug-likeness (QED) is 0.737. The van der Waals surface area contributed by atoms with E-state index < -0.39 is 0 Å². The number of nitrogens with one attached hydrogen (secondary N) is 1. The van der Waals surface area contributed by atoms with E-state index in [1.165, 1.54) is 24.1 Å². The van der Waals surface area contributed by atoms with Gasteiger partial charge in [0.15, 0.2) is 0 Å². The standard InChI is InChI=1S/C12H15N/c1-9(2)13-12-6-4-3-5-11(12)10-7-8-10/h3-6,10,13H,1,7-8H2,2H3. The summed E-state index contributed by atoms with van der Waals surface area (Å²) >= 11 is 0. The molecule has 13 heavy (non-hydrogen) atoms. The summed E-state index contributed by atoms with van der Waals surface area (Å²) < 4.78 is 0. The molecule has 0 atom stereocenters. The molecule has 1 nitrogen and oxygen atoms in total. The Kier molecular flexibility index (Phi) is 2.09. The molecule has 1 heteroatoms. The van der Waals surface area contributed by atoms with E-state index in [0.717, 1.165) is 11.6 Å². The third-order valence-corrected chi connectivity index (χ3v) is 2.33. The fourth-order valence-corrected chi connectivity index (χ4v) is 1.59. The Bertz CT molecular complexity index is 324. The van der Waals surface area contributed by atoms with Crippen molar-refractivity contribution in [2.45, 2.75) is 25.7 Å². The molecule has 0 saturated heterocycles. The molecule has 1 aromatic rings. The van der Waals surface area contributed by atoms with Crippen LogP contribution in [0.3, 0.4) is 0 Å². The van der Waals surface area contributed by atoms with Crippen molar-refractivity contribution in [1.29, 1.82) is 0 Å². The van der Waals surface area contributed by atoms with Crippen molar-refractivity contribution in [3.8, 4) is 0 Å². The Hall–Kier alpha value is -1.24. The average Bonchev–Trinajstić information content (AvgIpc) is 2.87. The van der Waals surface area contributed by atoms with E-state index in [1.54, 1.807) is 0 Å². The summed E-state index contributed by atoms with van der Waals surface area (Å²) in [6, 6.07) is 8.51. The lowest BCUT2D eigenvalue weighted by Gasteiger charge is -2.10. The average molecular weight is 173 g/mol. The molecule has 1 aromatic carbocycles. The molecule has 0 spiro atoms. The van der Waals surface area contributed by atoms with Gasteiger partial charge in [-0.25, -0.2) is 0 Å². The van der Waals surface area contributed by atoms with Gasteiger partial charge in [0.2, 0.25) is 0 Å². The van der Waals surface area contributed by atoms with Crippen LogP contribution in [0.2, 0.25) is 0 Å². The van der Waals surface area contributed by atoms with Gasteiger partial charge in [0.25, 0.3) is 0 Å². The second-order valence-electron chi connectivity index (χ2n) is 3.77. The van der Waals surface area contributed by atoms with Gasteiger partial charge in [-0.05, 0) is 37.3 Å². The summed E-state index contributed by atoms with van der Waals surface area (Å²) in [7, 11) is 0. The van der Waals surface area contributed by atoms with Crippen LogP contribution >= 0.6 is 0 Å². The fourth-order valence-electron chi connectivity index (χ4n) is 1.59. The van der Waals surface area contributed by atoms with Crippen molar-refractivity contribution in [1.82, 2.24) is 0 Å². The zero-order chi connectivity index (χ0) is 9.26. The lowest BCUT2D eigenvalue weighted by atomic mass is 10.1. The molecule has 1 aliphatic rings. The lowest BCUT2D eigenvalue weighted by molar-refractivity contribution is 1.13. The third kappa shape index (κ3) is 1.92. The largest absolute Gasteiger partial charge is 0.359 e. The van der Waals surface area contributed by atoms with Crippen molar-refractivity contribution in [3.63, 3.8) is 0 Å². The van der Waals surface area contributed by atoms with Crippen molar-refractivity contribution < 1.29 is 0 Å². The van der Waals surface area contributed by atoms with Crippen molar-refractivity contribution >= 4 is 5.69 Å². The molecule has 0 amide bonds. The molecule has 1 saturated carbocycles. The SMILES string of the molecule is C=C(C)Nc1ccccc1C1CC1. The van der Waals surface area contributed by atoms with Crippen LogP contribution in [0.1, 0.15) is 31.2 Å². The minimum Gasteiger partial charge on any atom is -0.359 e. The van der Waals surface area contributed by atoms with E-state index in [2.05, 4.69) is 36.2 Å². The number of allylic oxidation sites excluding steroid dienone is 1. The monoisotopic (exact) mass is 173 g/mol. The van der Waals surface area contributed by atoms with Crippen LogP contribution in [0.4, 0.5) is 5.69 Å². The summed E-state index contributed by atoms with van der Waals surface area (Å²) in [6.07, 6.45) is 2.68. The fraction of sp³-hybridized carbons (Fsp3) is 0.333. The van der Waals surface area contributed by atoms with E-state index in [1.807, 2.05) is 6.92 Å². The minimum atomic E-state index is 0.794. The highest BCUT2D eigenvalue weighted by atomic mass is 14.9. The van der Waals surface area contributed by atoms with Gasteiger partial charge in [0.05, 0.1) is 0 Å². The molecule has 1 fully saturated rings. The van der Waals surface area contributed by atoms with Gasteiger partial charge in [0.1, 0.15) is 0 Å². The zero-order valence-electron chi connectivity index (χ0n) is 8.01. The Morgan fingerprint density at radius 1 is 1.38 bits per heavy atom. The molecule has 0 radical (unpaired) electrons. The summed E-state index contributed by atoms with van der Waals surface area (Å²) in [6.45, 7) is 5.85. The maximum Gasteiger partial charge on any atom is 0.0416 e.